The van der Waals surface area contributed by atoms with E-state index < -0.39 is 0 Å². The molecule has 0 radical (unpaired) electrons. The number of hydrogen-bond donors (Lipinski definition) is 0. The van der Waals surface area contributed by atoms with Crippen LogP contribution in [0.5, 0.6) is 0 Å². The van der Waals surface area contributed by atoms with Gasteiger partial charge >= 0.3 is 5.97 Å². The molecular weight excluding hydrogens is 322 g/mol. The normalized spacial score (nSPS) is 10.9. The van der Waals surface area contributed by atoms with E-state index in [1.54, 1.807) is 10.7 Å². The fourth-order valence-electron chi connectivity index (χ4n) is 2.51. The Kier molecular flexibility index (Phi) is 5.17. The molecule has 130 valence electrons. The first kappa shape index (κ1) is 16.8. The molecule has 3 rings (SSSR count). The molecule has 0 bridgehead atoms. The topological polar surface area (TPSA) is 91.9 Å². The van der Waals surface area contributed by atoms with Gasteiger partial charge in [-0.1, -0.05) is 17.3 Å². The van der Waals surface area contributed by atoms with Crippen LogP contribution in [-0.2, 0) is 22.6 Å². The standard InChI is InChI=1S/C17H19N5O3/c1-13(23)25-9-5-4-8-22-11-14(19-20-22)10-21-12-18-16-7-3-2-6-15(16)17(21)24/h2-3,6-7,11-12H,4-5,8-10H2,1H3. The van der Waals surface area contributed by atoms with E-state index in [4.69, 9.17) is 4.74 Å². The van der Waals surface area contributed by atoms with Crippen molar-refractivity contribution in [3.05, 3.63) is 52.8 Å². The van der Waals surface area contributed by atoms with Crippen LogP contribution < -0.4 is 5.56 Å². The minimum atomic E-state index is -0.266. The van der Waals surface area contributed by atoms with E-state index >= 15 is 0 Å². The summed E-state index contributed by atoms with van der Waals surface area (Å²) in [7, 11) is 0. The lowest BCUT2D eigenvalue weighted by Gasteiger charge is -2.04. The molecule has 0 spiro atoms. The molecule has 0 N–H and O–H groups in total. The van der Waals surface area contributed by atoms with Crippen LogP contribution in [0.4, 0.5) is 0 Å². The monoisotopic (exact) mass is 341 g/mol. The number of para-hydroxylation sites is 1. The Morgan fingerprint density at radius 1 is 1.24 bits per heavy atom. The SMILES string of the molecule is CC(=O)OCCCCn1cc(Cn2cnc3ccccc3c2=O)nn1. The van der Waals surface area contributed by atoms with Crippen molar-refractivity contribution in [3.8, 4) is 0 Å². The number of unbranched alkanes of at least 4 members (excludes halogenated alkanes) is 1. The van der Waals surface area contributed by atoms with Crippen LogP contribution in [0.2, 0.25) is 0 Å². The fraction of sp³-hybridized carbons (Fsp3) is 0.353. The Hall–Kier alpha value is -3.03. The molecule has 3 aromatic rings. The number of nitrogens with zero attached hydrogens (tertiary/aromatic N) is 5. The van der Waals surface area contributed by atoms with Crippen LogP contribution in [0.15, 0.2) is 41.6 Å². The Balaban J connectivity index is 1.61. The van der Waals surface area contributed by atoms with Crippen LogP contribution in [0.1, 0.15) is 25.5 Å². The Morgan fingerprint density at radius 2 is 2.08 bits per heavy atom. The highest BCUT2D eigenvalue weighted by atomic mass is 16.5. The minimum absolute atomic E-state index is 0.0958. The molecule has 0 aliphatic heterocycles. The van der Waals surface area contributed by atoms with Gasteiger partial charge in [0.15, 0.2) is 0 Å². The van der Waals surface area contributed by atoms with Crippen LogP contribution >= 0.6 is 0 Å². The number of ether oxygens (including phenoxy) is 1. The van der Waals surface area contributed by atoms with Crippen molar-refractivity contribution in [2.24, 2.45) is 0 Å². The summed E-state index contributed by atoms with van der Waals surface area (Å²) in [4.78, 5) is 27.4. The first-order chi connectivity index (χ1) is 12.1. The maximum atomic E-state index is 12.5. The highest BCUT2D eigenvalue weighted by Gasteiger charge is 2.07. The average Bonchev–Trinajstić information content (AvgIpc) is 3.04. The van der Waals surface area contributed by atoms with Crippen molar-refractivity contribution >= 4 is 16.9 Å². The predicted octanol–water partition coefficient (Wildman–Crippen LogP) is 1.38. The first-order valence-corrected chi connectivity index (χ1v) is 8.10. The largest absolute Gasteiger partial charge is 0.466 e. The summed E-state index contributed by atoms with van der Waals surface area (Å²) in [6.07, 6.45) is 4.94. The van der Waals surface area contributed by atoms with Crippen molar-refractivity contribution in [1.82, 2.24) is 24.5 Å². The number of carbonyl (C=O) groups is 1. The molecule has 0 aliphatic carbocycles. The number of carbonyl (C=O) groups excluding carboxylic acids is 1. The van der Waals surface area contributed by atoms with Crippen molar-refractivity contribution in [1.29, 1.82) is 0 Å². The van der Waals surface area contributed by atoms with Gasteiger partial charge in [0.05, 0.1) is 36.6 Å². The van der Waals surface area contributed by atoms with E-state index in [0.29, 0.717) is 36.3 Å². The number of hydrogen-bond acceptors (Lipinski definition) is 6. The van der Waals surface area contributed by atoms with Crippen LogP contribution in [0.3, 0.4) is 0 Å². The third kappa shape index (κ3) is 4.28. The zero-order valence-electron chi connectivity index (χ0n) is 14.0. The summed E-state index contributed by atoms with van der Waals surface area (Å²) in [6, 6.07) is 7.25. The number of benzene rings is 1. The molecule has 8 heteroatoms. The number of aryl methyl sites for hydroxylation is 1. The van der Waals surface area contributed by atoms with Crippen LogP contribution in [0, 0.1) is 0 Å². The van der Waals surface area contributed by atoms with E-state index in [1.165, 1.54) is 17.8 Å². The number of aromatic nitrogens is 5. The van der Waals surface area contributed by atoms with Gasteiger partial charge < -0.3 is 4.74 Å². The molecule has 2 aromatic heterocycles. The van der Waals surface area contributed by atoms with Gasteiger partial charge in [-0.2, -0.15) is 0 Å². The summed E-state index contributed by atoms with van der Waals surface area (Å²) in [5, 5.41) is 8.75. The van der Waals surface area contributed by atoms with E-state index in [0.717, 1.165) is 12.8 Å². The quantitative estimate of drug-likeness (QED) is 0.476. The lowest BCUT2D eigenvalue weighted by atomic mass is 10.2. The van der Waals surface area contributed by atoms with Crippen LogP contribution in [-0.4, -0.2) is 37.1 Å². The van der Waals surface area contributed by atoms with Crippen molar-refractivity contribution < 1.29 is 9.53 Å². The van der Waals surface area contributed by atoms with E-state index in [-0.39, 0.29) is 11.5 Å². The molecule has 0 fully saturated rings. The summed E-state index contributed by atoms with van der Waals surface area (Å²) in [5.74, 6) is -0.266. The summed E-state index contributed by atoms with van der Waals surface area (Å²) in [6.45, 7) is 2.81. The molecule has 8 nitrogen and oxygen atoms in total. The maximum Gasteiger partial charge on any atom is 0.302 e. The minimum Gasteiger partial charge on any atom is -0.466 e. The van der Waals surface area contributed by atoms with Gasteiger partial charge in [0, 0.05) is 13.5 Å². The molecule has 0 unspecified atom stereocenters. The number of esters is 1. The van der Waals surface area contributed by atoms with E-state index in [1.807, 2.05) is 24.4 Å². The Morgan fingerprint density at radius 3 is 2.92 bits per heavy atom. The van der Waals surface area contributed by atoms with Gasteiger partial charge in [0.25, 0.3) is 5.56 Å². The summed E-state index contributed by atoms with van der Waals surface area (Å²) < 4.78 is 8.13. The third-order valence-electron chi connectivity index (χ3n) is 3.74. The molecule has 0 saturated carbocycles. The second-order valence-corrected chi connectivity index (χ2v) is 5.71. The first-order valence-electron chi connectivity index (χ1n) is 8.10. The van der Waals surface area contributed by atoms with Gasteiger partial charge in [-0.15, -0.1) is 5.10 Å². The number of rotatable bonds is 7. The molecule has 0 atom stereocenters. The van der Waals surface area contributed by atoms with Gasteiger partial charge in [-0.3, -0.25) is 18.8 Å². The van der Waals surface area contributed by atoms with Gasteiger partial charge in [-0.25, -0.2) is 4.98 Å². The second-order valence-electron chi connectivity index (χ2n) is 5.71. The molecule has 0 saturated heterocycles. The summed E-state index contributed by atoms with van der Waals surface area (Å²) in [5.41, 5.74) is 1.28. The Bertz CT molecular complexity index is 931. The predicted molar refractivity (Wildman–Crippen MR) is 91.0 cm³/mol. The van der Waals surface area contributed by atoms with Crippen LogP contribution in [0.25, 0.3) is 10.9 Å². The molecule has 0 amide bonds. The Labute approximate surface area is 144 Å². The molecule has 25 heavy (non-hydrogen) atoms. The smallest absolute Gasteiger partial charge is 0.302 e. The lowest BCUT2D eigenvalue weighted by Crippen LogP contribution is -2.21. The summed E-state index contributed by atoms with van der Waals surface area (Å²) >= 11 is 0. The highest BCUT2D eigenvalue weighted by Crippen LogP contribution is 2.06. The zero-order chi connectivity index (χ0) is 17.6. The van der Waals surface area contributed by atoms with Gasteiger partial charge in [0.1, 0.15) is 5.69 Å². The van der Waals surface area contributed by atoms with E-state index in [2.05, 4.69) is 15.3 Å². The average molecular weight is 341 g/mol. The molecule has 2 heterocycles. The van der Waals surface area contributed by atoms with Crippen molar-refractivity contribution in [3.63, 3.8) is 0 Å². The van der Waals surface area contributed by atoms with Crippen molar-refractivity contribution in [2.75, 3.05) is 6.61 Å². The molecule has 0 aliphatic rings. The molecule has 1 aromatic carbocycles. The highest BCUT2D eigenvalue weighted by molar-refractivity contribution is 5.76. The van der Waals surface area contributed by atoms with E-state index in [9.17, 15) is 9.59 Å². The number of fused-ring (bicyclic) bond motifs is 1. The zero-order valence-corrected chi connectivity index (χ0v) is 14.0. The van der Waals surface area contributed by atoms with Gasteiger partial charge in [0.2, 0.25) is 0 Å². The lowest BCUT2D eigenvalue weighted by molar-refractivity contribution is -0.141. The van der Waals surface area contributed by atoms with Gasteiger partial charge in [-0.05, 0) is 25.0 Å². The second kappa shape index (κ2) is 7.69. The fourth-order valence-corrected chi connectivity index (χ4v) is 2.51. The van der Waals surface area contributed by atoms with Crippen molar-refractivity contribution in [2.45, 2.75) is 32.9 Å². The maximum absolute atomic E-state index is 12.5. The molecular formula is C17H19N5O3. The third-order valence-corrected chi connectivity index (χ3v) is 3.74.